The summed E-state index contributed by atoms with van der Waals surface area (Å²) in [7, 11) is 1.29. The minimum atomic E-state index is -0.501. The molecule has 0 spiro atoms. The van der Waals surface area contributed by atoms with Crippen molar-refractivity contribution in [2.75, 3.05) is 7.11 Å². The van der Waals surface area contributed by atoms with Crippen LogP contribution in [0.5, 0.6) is 0 Å². The highest BCUT2D eigenvalue weighted by Gasteiger charge is 2.10. The fourth-order valence-corrected chi connectivity index (χ4v) is 1.43. The van der Waals surface area contributed by atoms with Crippen LogP contribution in [0.3, 0.4) is 0 Å². The Labute approximate surface area is 97.1 Å². The van der Waals surface area contributed by atoms with Gasteiger partial charge in [0.1, 0.15) is 0 Å². The van der Waals surface area contributed by atoms with Crippen molar-refractivity contribution in [1.29, 1.82) is 0 Å². The minimum Gasteiger partial charge on any atom is -0.465 e. The molecule has 2 rings (SSSR count). The van der Waals surface area contributed by atoms with Crippen molar-refractivity contribution < 1.29 is 9.53 Å². The van der Waals surface area contributed by atoms with E-state index in [1.165, 1.54) is 19.4 Å². The lowest BCUT2D eigenvalue weighted by atomic mass is 10.1. The normalized spacial score (nSPS) is 9.94. The molecule has 0 aliphatic rings. The first-order chi connectivity index (χ1) is 8.22. The summed E-state index contributed by atoms with van der Waals surface area (Å²) in [6, 6.07) is 6.69. The van der Waals surface area contributed by atoms with Gasteiger partial charge >= 0.3 is 5.97 Å². The number of aromatic nitrogens is 2. The third-order valence-electron chi connectivity index (χ3n) is 2.27. The summed E-state index contributed by atoms with van der Waals surface area (Å²) in [6.45, 7) is 0. The highest BCUT2D eigenvalue weighted by atomic mass is 16.5. The molecule has 2 aromatic heterocycles. The third kappa shape index (κ3) is 2.23. The van der Waals surface area contributed by atoms with Crippen molar-refractivity contribution in [3.63, 3.8) is 0 Å². The van der Waals surface area contributed by atoms with E-state index in [1.54, 1.807) is 24.4 Å². The van der Waals surface area contributed by atoms with E-state index in [9.17, 15) is 9.59 Å². The van der Waals surface area contributed by atoms with Gasteiger partial charge in [0.05, 0.1) is 23.9 Å². The van der Waals surface area contributed by atoms with E-state index in [0.717, 1.165) is 0 Å². The Morgan fingerprint density at radius 1 is 1.41 bits per heavy atom. The molecule has 0 radical (unpaired) electrons. The summed E-state index contributed by atoms with van der Waals surface area (Å²) in [5.41, 5.74) is 0.845. The van der Waals surface area contributed by atoms with Crippen LogP contribution in [0.2, 0.25) is 0 Å². The molecule has 2 aromatic rings. The van der Waals surface area contributed by atoms with Gasteiger partial charge in [0, 0.05) is 12.4 Å². The van der Waals surface area contributed by atoms with Gasteiger partial charge in [0.15, 0.2) is 0 Å². The maximum Gasteiger partial charge on any atom is 0.339 e. The quantitative estimate of drug-likeness (QED) is 0.787. The van der Waals surface area contributed by atoms with Gasteiger partial charge in [-0.25, -0.2) is 4.79 Å². The molecule has 0 saturated heterocycles. The number of nitrogens with one attached hydrogen (secondary N) is 1. The van der Waals surface area contributed by atoms with Crippen LogP contribution in [0.4, 0.5) is 0 Å². The molecule has 17 heavy (non-hydrogen) atoms. The van der Waals surface area contributed by atoms with E-state index in [-0.39, 0.29) is 11.1 Å². The van der Waals surface area contributed by atoms with Crippen molar-refractivity contribution in [3.05, 3.63) is 52.6 Å². The van der Waals surface area contributed by atoms with Crippen LogP contribution in [0, 0.1) is 0 Å². The summed E-state index contributed by atoms with van der Waals surface area (Å²) < 4.78 is 4.59. The van der Waals surface area contributed by atoms with Crippen LogP contribution >= 0.6 is 0 Å². The smallest absolute Gasteiger partial charge is 0.339 e. The zero-order valence-electron chi connectivity index (χ0n) is 9.14. The van der Waals surface area contributed by atoms with E-state index in [2.05, 4.69) is 14.7 Å². The van der Waals surface area contributed by atoms with Gasteiger partial charge < -0.3 is 9.72 Å². The molecule has 0 aliphatic heterocycles. The van der Waals surface area contributed by atoms with Crippen LogP contribution in [0.15, 0.2) is 41.5 Å². The van der Waals surface area contributed by atoms with Crippen LogP contribution < -0.4 is 5.56 Å². The first kappa shape index (κ1) is 11.1. The maximum absolute atomic E-state index is 11.6. The van der Waals surface area contributed by atoms with Gasteiger partial charge in [-0.1, -0.05) is 6.07 Å². The Morgan fingerprint density at radius 3 is 2.88 bits per heavy atom. The van der Waals surface area contributed by atoms with Crippen molar-refractivity contribution >= 4 is 5.97 Å². The van der Waals surface area contributed by atoms with E-state index in [0.29, 0.717) is 11.3 Å². The molecule has 0 aromatic carbocycles. The molecular weight excluding hydrogens is 220 g/mol. The number of H-pyrrole nitrogens is 1. The zero-order chi connectivity index (χ0) is 12.3. The summed E-state index contributed by atoms with van der Waals surface area (Å²) in [5.74, 6) is -0.501. The lowest BCUT2D eigenvalue weighted by Crippen LogP contribution is -2.12. The van der Waals surface area contributed by atoms with Gasteiger partial charge in [-0.3, -0.25) is 9.78 Å². The first-order valence-electron chi connectivity index (χ1n) is 4.95. The third-order valence-corrected chi connectivity index (χ3v) is 2.27. The van der Waals surface area contributed by atoms with Gasteiger partial charge in [-0.05, 0) is 18.2 Å². The van der Waals surface area contributed by atoms with Crippen molar-refractivity contribution in [2.24, 2.45) is 0 Å². The molecular formula is C12H10N2O3. The Morgan fingerprint density at radius 2 is 2.24 bits per heavy atom. The standard InChI is InChI=1S/C12H10N2O3/c1-17-12(16)8-6-9(11(15)14-7-8)10-4-2-3-5-13-10/h2-7H,1H3,(H,14,15). The number of carbonyl (C=O) groups excluding carboxylic acids is 1. The number of esters is 1. The van der Waals surface area contributed by atoms with Crippen LogP contribution in [0.1, 0.15) is 10.4 Å². The summed E-state index contributed by atoms with van der Waals surface area (Å²) >= 11 is 0. The van der Waals surface area contributed by atoms with E-state index in [1.807, 2.05) is 0 Å². The fraction of sp³-hybridized carbons (Fsp3) is 0.0833. The van der Waals surface area contributed by atoms with Crippen molar-refractivity contribution in [2.45, 2.75) is 0 Å². The number of nitrogens with zero attached hydrogens (tertiary/aromatic N) is 1. The molecule has 0 atom stereocenters. The fourth-order valence-electron chi connectivity index (χ4n) is 1.43. The van der Waals surface area contributed by atoms with Crippen molar-refractivity contribution in [1.82, 2.24) is 9.97 Å². The van der Waals surface area contributed by atoms with Crippen LogP contribution in [-0.2, 0) is 4.74 Å². The monoisotopic (exact) mass is 230 g/mol. The maximum atomic E-state index is 11.6. The van der Waals surface area contributed by atoms with E-state index < -0.39 is 5.97 Å². The van der Waals surface area contributed by atoms with E-state index >= 15 is 0 Å². The predicted molar refractivity (Wildman–Crippen MR) is 61.6 cm³/mol. The topological polar surface area (TPSA) is 72.1 Å². The Balaban J connectivity index is 2.55. The molecule has 5 nitrogen and oxygen atoms in total. The molecule has 2 heterocycles. The van der Waals surface area contributed by atoms with Gasteiger partial charge in [-0.2, -0.15) is 0 Å². The Bertz CT molecular complexity index is 590. The number of hydrogen-bond acceptors (Lipinski definition) is 4. The molecule has 0 fully saturated rings. The number of pyridine rings is 2. The zero-order valence-corrected chi connectivity index (χ0v) is 9.14. The lowest BCUT2D eigenvalue weighted by molar-refractivity contribution is 0.0600. The molecule has 0 aliphatic carbocycles. The molecule has 0 saturated carbocycles. The largest absolute Gasteiger partial charge is 0.465 e. The van der Waals surface area contributed by atoms with E-state index in [4.69, 9.17) is 0 Å². The number of carbonyl (C=O) groups is 1. The van der Waals surface area contributed by atoms with Crippen molar-refractivity contribution in [3.8, 4) is 11.3 Å². The van der Waals surface area contributed by atoms with Crippen LogP contribution in [-0.4, -0.2) is 23.0 Å². The SMILES string of the molecule is COC(=O)c1c[nH]c(=O)c(-c2ccccn2)c1. The second kappa shape index (κ2) is 4.61. The predicted octanol–water partition coefficient (Wildman–Crippen LogP) is 1.22. The first-order valence-corrected chi connectivity index (χ1v) is 4.95. The Kier molecular flexibility index (Phi) is 3.00. The highest BCUT2D eigenvalue weighted by Crippen LogP contribution is 2.12. The molecule has 0 bridgehead atoms. The van der Waals surface area contributed by atoms with Gasteiger partial charge in [-0.15, -0.1) is 0 Å². The molecule has 0 unspecified atom stereocenters. The second-order valence-electron chi connectivity index (χ2n) is 3.34. The molecule has 0 amide bonds. The molecule has 5 heteroatoms. The average Bonchev–Trinajstić information content (AvgIpc) is 2.39. The van der Waals surface area contributed by atoms with Gasteiger partial charge in [0.25, 0.3) is 5.56 Å². The number of ether oxygens (including phenoxy) is 1. The minimum absolute atomic E-state index is 0.285. The lowest BCUT2D eigenvalue weighted by Gasteiger charge is -2.02. The van der Waals surface area contributed by atoms with Crippen LogP contribution in [0.25, 0.3) is 11.3 Å². The number of hydrogen-bond donors (Lipinski definition) is 1. The summed E-state index contributed by atoms with van der Waals surface area (Å²) in [4.78, 5) is 29.5. The highest BCUT2D eigenvalue weighted by molar-refractivity contribution is 5.90. The summed E-state index contributed by atoms with van der Waals surface area (Å²) in [6.07, 6.45) is 2.90. The summed E-state index contributed by atoms with van der Waals surface area (Å²) in [5, 5.41) is 0. The average molecular weight is 230 g/mol. The van der Waals surface area contributed by atoms with Gasteiger partial charge in [0.2, 0.25) is 0 Å². The molecule has 1 N–H and O–H groups in total. The molecule has 86 valence electrons. The number of methoxy groups -OCH3 is 1. The number of rotatable bonds is 2. The second-order valence-corrected chi connectivity index (χ2v) is 3.34. The number of aromatic amines is 1. The Hall–Kier alpha value is -2.43.